The van der Waals surface area contributed by atoms with E-state index in [4.69, 9.17) is 31.5 Å². The van der Waals surface area contributed by atoms with Gasteiger partial charge in [-0.3, -0.25) is 9.59 Å². The molecule has 0 aliphatic carbocycles. The van der Waals surface area contributed by atoms with Gasteiger partial charge in [0.15, 0.2) is 23.9 Å². The largest absolute Gasteiger partial charge is 0.493 e. The number of alkyl halides is 3. The molecule has 0 aliphatic rings. The molecular weight excluding hydrogens is 662 g/mol. The number of aromatic nitrogens is 1. The van der Waals surface area contributed by atoms with E-state index in [1.54, 1.807) is 20.8 Å². The van der Waals surface area contributed by atoms with Gasteiger partial charge in [-0.1, -0.05) is 11.6 Å². The standard InChI is InChI=1S/C33H36ClF4N3O7/c1-30(2,3)48-29(44)41-31(4,5)20-15-23(18-7-9-22(35)21(34)13-18)40-27(16-20)32(45,33(36,37)38)12-11-24(42)19-8-10-25(26(14-19)46-6)47-17-28(39)43/h7-10,13-16,45H,11-12,17H2,1-6H3,(H2,39,43)(H,41,44). The predicted octanol–water partition coefficient (Wildman–Crippen LogP) is 6.59. The molecular formula is C33H36ClF4N3O7. The van der Waals surface area contributed by atoms with Crippen molar-refractivity contribution >= 4 is 29.4 Å². The summed E-state index contributed by atoms with van der Waals surface area (Å²) in [5, 5.41) is 13.6. The quantitative estimate of drug-likeness (QED) is 0.142. The topological polar surface area (TPSA) is 150 Å². The molecule has 4 N–H and O–H groups in total. The maximum atomic E-state index is 14.8. The number of methoxy groups -OCH3 is 1. The lowest BCUT2D eigenvalue weighted by Gasteiger charge is -2.33. The van der Waals surface area contributed by atoms with Gasteiger partial charge >= 0.3 is 12.3 Å². The fourth-order valence-electron chi connectivity index (χ4n) is 4.50. The number of aliphatic hydroxyl groups is 1. The Bertz CT molecular complexity index is 1690. The third kappa shape index (κ3) is 9.34. The number of nitrogens with zero attached hydrogens (tertiary/aromatic N) is 1. The Labute approximate surface area is 279 Å². The molecule has 48 heavy (non-hydrogen) atoms. The van der Waals surface area contributed by atoms with E-state index in [0.717, 1.165) is 18.2 Å². The van der Waals surface area contributed by atoms with Crippen LogP contribution in [0.1, 0.15) is 69.1 Å². The molecule has 1 atom stereocenters. The van der Waals surface area contributed by atoms with E-state index in [0.29, 0.717) is 0 Å². The van der Waals surface area contributed by atoms with Gasteiger partial charge in [0, 0.05) is 17.5 Å². The minimum atomic E-state index is -5.34. The Balaban J connectivity index is 2.08. The molecule has 260 valence electrons. The molecule has 0 saturated heterocycles. The molecule has 0 fully saturated rings. The first kappa shape index (κ1) is 38.0. The van der Waals surface area contributed by atoms with Crippen LogP contribution in [-0.4, -0.2) is 53.4 Å². The summed E-state index contributed by atoms with van der Waals surface area (Å²) in [4.78, 5) is 41.0. The molecule has 3 rings (SSSR count). The molecule has 1 aromatic heterocycles. The second-order valence-corrected chi connectivity index (χ2v) is 12.8. The van der Waals surface area contributed by atoms with Gasteiger partial charge in [0.2, 0.25) is 5.60 Å². The van der Waals surface area contributed by atoms with Crippen LogP contribution in [0, 0.1) is 5.82 Å². The molecule has 0 spiro atoms. The minimum Gasteiger partial charge on any atom is -0.493 e. The normalized spacial score (nSPS) is 13.3. The molecule has 0 bridgehead atoms. The van der Waals surface area contributed by atoms with Crippen LogP contribution >= 0.6 is 11.6 Å². The molecule has 10 nitrogen and oxygen atoms in total. The van der Waals surface area contributed by atoms with Crippen LogP contribution < -0.4 is 20.5 Å². The molecule has 2 aromatic carbocycles. The zero-order valence-electron chi connectivity index (χ0n) is 27.1. The van der Waals surface area contributed by atoms with Gasteiger partial charge in [-0.15, -0.1) is 0 Å². The fourth-order valence-corrected chi connectivity index (χ4v) is 4.68. The second-order valence-electron chi connectivity index (χ2n) is 12.4. The number of ether oxygens (including phenoxy) is 3. The Morgan fingerprint density at radius 2 is 1.65 bits per heavy atom. The molecule has 0 aliphatic heterocycles. The van der Waals surface area contributed by atoms with Crippen molar-refractivity contribution in [3.63, 3.8) is 0 Å². The van der Waals surface area contributed by atoms with Gasteiger partial charge in [0.05, 0.1) is 29.1 Å². The molecule has 3 aromatic rings. The summed E-state index contributed by atoms with van der Waals surface area (Å²) in [6.45, 7) is 7.41. The zero-order valence-corrected chi connectivity index (χ0v) is 27.8. The number of ketones is 1. The molecule has 1 heterocycles. The SMILES string of the molecule is COc1cc(C(=O)CCC(O)(c2cc(C(C)(C)NC(=O)OC(C)(C)C)cc(-c3ccc(F)c(Cl)c3)n2)C(F)(F)F)ccc1OCC(N)=O. The molecule has 0 radical (unpaired) electrons. The number of pyridine rings is 1. The number of halogens is 5. The van der Waals surface area contributed by atoms with E-state index in [-0.39, 0.29) is 38.9 Å². The number of rotatable bonds is 12. The van der Waals surface area contributed by atoms with Crippen LogP contribution in [-0.2, 0) is 20.7 Å². The summed E-state index contributed by atoms with van der Waals surface area (Å²) in [5.74, 6) is -2.25. The molecule has 2 amide bonds. The molecule has 0 saturated carbocycles. The van der Waals surface area contributed by atoms with Crippen LogP contribution in [0.5, 0.6) is 11.5 Å². The van der Waals surface area contributed by atoms with E-state index >= 15 is 0 Å². The lowest BCUT2D eigenvalue weighted by atomic mass is 9.86. The van der Waals surface area contributed by atoms with Crippen molar-refractivity contribution in [2.24, 2.45) is 5.73 Å². The van der Waals surface area contributed by atoms with Gasteiger partial charge in [0.25, 0.3) is 5.91 Å². The van der Waals surface area contributed by atoms with Crippen molar-refractivity contribution in [1.82, 2.24) is 10.3 Å². The van der Waals surface area contributed by atoms with Gasteiger partial charge in [-0.05, 0) is 95.1 Å². The number of primary amides is 1. The summed E-state index contributed by atoms with van der Waals surface area (Å²) in [6, 6.07) is 9.49. The maximum Gasteiger partial charge on any atom is 0.422 e. The Hall–Kier alpha value is -4.43. The van der Waals surface area contributed by atoms with Crippen LogP contribution in [0.3, 0.4) is 0 Å². The highest BCUT2D eigenvalue weighted by Gasteiger charge is 2.56. The van der Waals surface area contributed by atoms with E-state index in [1.807, 2.05) is 0 Å². The van der Waals surface area contributed by atoms with Crippen molar-refractivity contribution in [2.75, 3.05) is 13.7 Å². The van der Waals surface area contributed by atoms with Crippen molar-refractivity contribution in [3.8, 4) is 22.8 Å². The van der Waals surface area contributed by atoms with Crippen molar-refractivity contribution < 1.29 is 51.3 Å². The zero-order chi connectivity index (χ0) is 36.2. The average molecular weight is 698 g/mol. The number of nitrogens with two attached hydrogens (primary N) is 1. The molecule has 1 unspecified atom stereocenters. The summed E-state index contributed by atoms with van der Waals surface area (Å²) >= 11 is 5.95. The van der Waals surface area contributed by atoms with Gasteiger partial charge in [-0.25, -0.2) is 14.2 Å². The third-order valence-electron chi connectivity index (χ3n) is 7.04. The van der Waals surface area contributed by atoms with Crippen molar-refractivity contribution in [2.45, 2.75) is 70.4 Å². The number of nitrogens with one attached hydrogen (secondary N) is 1. The highest BCUT2D eigenvalue weighted by molar-refractivity contribution is 6.31. The van der Waals surface area contributed by atoms with Crippen LogP contribution in [0.25, 0.3) is 11.3 Å². The first-order valence-electron chi connectivity index (χ1n) is 14.5. The number of hydrogen-bond donors (Lipinski definition) is 3. The summed E-state index contributed by atoms with van der Waals surface area (Å²) in [7, 11) is 1.26. The Kier molecular flexibility index (Phi) is 11.4. The lowest BCUT2D eigenvalue weighted by molar-refractivity contribution is -0.270. The lowest BCUT2D eigenvalue weighted by Crippen LogP contribution is -2.45. The monoisotopic (exact) mass is 697 g/mol. The van der Waals surface area contributed by atoms with Crippen LogP contribution in [0.15, 0.2) is 48.5 Å². The fraction of sp³-hybridized carbons (Fsp3) is 0.394. The Morgan fingerprint density at radius 3 is 2.21 bits per heavy atom. The van der Waals surface area contributed by atoms with Crippen molar-refractivity contribution in [3.05, 3.63) is 76.2 Å². The van der Waals surface area contributed by atoms with E-state index in [1.165, 1.54) is 51.3 Å². The first-order valence-corrected chi connectivity index (χ1v) is 14.8. The van der Waals surface area contributed by atoms with Crippen LogP contribution in [0.4, 0.5) is 22.4 Å². The number of benzene rings is 2. The summed E-state index contributed by atoms with van der Waals surface area (Å²) in [6.07, 6.45) is -8.17. The number of carbonyl (C=O) groups excluding carboxylic acids is 3. The predicted molar refractivity (Wildman–Crippen MR) is 168 cm³/mol. The van der Waals surface area contributed by atoms with Crippen LogP contribution in [0.2, 0.25) is 5.02 Å². The molecule has 15 heteroatoms. The van der Waals surface area contributed by atoms with Gasteiger partial charge in [-0.2, -0.15) is 13.2 Å². The van der Waals surface area contributed by atoms with Gasteiger partial charge < -0.3 is 30.4 Å². The van der Waals surface area contributed by atoms with Crippen molar-refractivity contribution in [1.29, 1.82) is 0 Å². The van der Waals surface area contributed by atoms with E-state index in [2.05, 4.69) is 10.3 Å². The van der Waals surface area contributed by atoms with Gasteiger partial charge in [0.1, 0.15) is 11.4 Å². The van der Waals surface area contributed by atoms with E-state index < -0.39 is 71.7 Å². The summed E-state index contributed by atoms with van der Waals surface area (Å²) in [5.41, 5.74) is -1.77. The Morgan fingerprint density at radius 1 is 0.979 bits per heavy atom. The highest BCUT2D eigenvalue weighted by Crippen LogP contribution is 2.44. The third-order valence-corrected chi connectivity index (χ3v) is 7.33. The van der Waals surface area contributed by atoms with E-state index in [9.17, 15) is 37.1 Å². The maximum absolute atomic E-state index is 14.8. The highest BCUT2D eigenvalue weighted by atomic mass is 35.5. The number of carbonyl (C=O) groups is 3. The number of Topliss-reactive ketones (excluding diaryl/α,β-unsaturated/α-hetero) is 1. The summed E-state index contributed by atoms with van der Waals surface area (Å²) < 4.78 is 74.1. The first-order chi connectivity index (χ1) is 22.1. The number of alkyl carbamates (subject to hydrolysis) is 1. The number of hydrogen-bond acceptors (Lipinski definition) is 8. The second kappa shape index (κ2) is 14.4. The smallest absolute Gasteiger partial charge is 0.422 e. The number of amides is 2. The average Bonchev–Trinajstić information content (AvgIpc) is 2.97. The minimum absolute atomic E-state index is 0.0184.